The van der Waals surface area contributed by atoms with Gasteiger partial charge in [-0.05, 0) is 44.2 Å². The smallest absolute Gasteiger partial charge is 0.148 e. The van der Waals surface area contributed by atoms with Gasteiger partial charge in [0.1, 0.15) is 5.82 Å². The largest absolute Gasteiger partial charge is 0.339 e. The Bertz CT molecular complexity index is 612. The van der Waals surface area contributed by atoms with E-state index in [-0.39, 0.29) is 5.82 Å². The second kappa shape index (κ2) is 5.53. The summed E-state index contributed by atoms with van der Waals surface area (Å²) in [7, 11) is 0. The van der Waals surface area contributed by atoms with Gasteiger partial charge in [0.2, 0.25) is 0 Å². The van der Waals surface area contributed by atoms with Gasteiger partial charge in [-0.3, -0.25) is 0 Å². The lowest BCUT2D eigenvalue weighted by Crippen LogP contribution is -2.17. The van der Waals surface area contributed by atoms with Crippen LogP contribution in [0.2, 0.25) is 0 Å². The first-order valence-corrected chi connectivity index (χ1v) is 6.19. The molecule has 0 aliphatic rings. The maximum atomic E-state index is 14.0. The summed E-state index contributed by atoms with van der Waals surface area (Å²) in [5.41, 5.74) is 2.93. The maximum absolute atomic E-state index is 14.0. The summed E-state index contributed by atoms with van der Waals surface area (Å²) in [6.07, 6.45) is 0. The Morgan fingerprint density at radius 3 is 2.37 bits per heavy atom. The molecule has 0 N–H and O–H groups in total. The average Bonchev–Trinajstić information content (AvgIpc) is 2.43. The monoisotopic (exact) mass is 254 g/mol. The number of halogens is 1. The summed E-state index contributed by atoms with van der Waals surface area (Å²) in [4.78, 5) is 1.88. The second-order valence-electron chi connectivity index (χ2n) is 4.36. The Hall–Kier alpha value is -2.34. The van der Waals surface area contributed by atoms with Gasteiger partial charge in [0.15, 0.2) is 0 Å². The summed E-state index contributed by atoms with van der Waals surface area (Å²) in [6.45, 7) is 4.64. The topological polar surface area (TPSA) is 27.0 Å². The van der Waals surface area contributed by atoms with E-state index in [1.54, 1.807) is 12.1 Å². The van der Waals surface area contributed by atoms with Crippen LogP contribution < -0.4 is 4.90 Å². The van der Waals surface area contributed by atoms with Crippen LogP contribution in [-0.4, -0.2) is 6.54 Å². The van der Waals surface area contributed by atoms with Crippen LogP contribution >= 0.6 is 0 Å². The van der Waals surface area contributed by atoms with E-state index in [0.717, 1.165) is 5.69 Å². The van der Waals surface area contributed by atoms with Crippen LogP contribution in [0.3, 0.4) is 0 Å². The molecular formula is C16H15FN2. The van der Waals surface area contributed by atoms with E-state index in [2.05, 4.69) is 0 Å². The van der Waals surface area contributed by atoms with E-state index >= 15 is 0 Å². The zero-order chi connectivity index (χ0) is 13.8. The minimum Gasteiger partial charge on any atom is -0.339 e. The van der Waals surface area contributed by atoms with Gasteiger partial charge >= 0.3 is 0 Å². The summed E-state index contributed by atoms with van der Waals surface area (Å²) in [5.74, 6) is -0.374. The van der Waals surface area contributed by atoms with Crippen LogP contribution in [0.4, 0.5) is 15.8 Å². The second-order valence-corrected chi connectivity index (χ2v) is 4.36. The molecule has 0 saturated heterocycles. The third-order valence-electron chi connectivity index (χ3n) is 3.03. The van der Waals surface area contributed by atoms with Gasteiger partial charge in [-0.1, -0.05) is 17.7 Å². The van der Waals surface area contributed by atoms with Gasteiger partial charge in [-0.15, -0.1) is 0 Å². The molecule has 0 unspecified atom stereocenters. The van der Waals surface area contributed by atoms with Gasteiger partial charge in [0, 0.05) is 12.2 Å². The molecule has 0 bridgehead atoms. The number of aryl methyl sites for hydroxylation is 1. The van der Waals surface area contributed by atoms with Crippen LogP contribution in [0, 0.1) is 24.1 Å². The van der Waals surface area contributed by atoms with Crippen molar-refractivity contribution < 1.29 is 4.39 Å². The van der Waals surface area contributed by atoms with Gasteiger partial charge in [0.25, 0.3) is 0 Å². The van der Waals surface area contributed by atoms with Crippen LogP contribution in [0.25, 0.3) is 0 Å². The van der Waals surface area contributed by atoms with Crippen molar-refractivity contribution in [3.05, 3.63) is 59.4 Å². The van der Waals surface area contributed by atoms with Crippen molar-refractivity contribution in [2.75, 3.05) is 11.4 Å². The van der Waals surface area contributed by atoms with Crippen LogP contribution in [-0.2, 0) is 0 Å². The molecule has 3 heteroatoms. The van der Waals surface area contributed by atoms with Gasteiger partial charge in [0.05, 0.1) is 17.3 Å². The van der Waals surface area contributed by atoms with Crippen molar-refractivity contribution in [1.29, 1.82) is 5.26 Å². The van der Waals surface area contributed by atoms with Crippen LogP contribution in [0.15, 0.2) is 42.5 Å². The molecule has 2 aromatic carbocycles. The highest BCUT2D eigenvalue weighted by molar-refractivity contribution is 5.64. The van der Waals surface area contributed by atoms with Crippen molar-refractivity contribution in [2.45, 2.75) is 13.8 Å². The lowest BCUT2D eigenvalue weighted by Gasteiger charge is -2.24. The minimum absolute atomic E-state index is 0.334. The third-order valence-corrected chi connectivity index (χ3v) is 3.03. The predicted molar refractivity (Wildman–Crippen MR) is 75.0 cm³/mol. The highest BCUT2D eigenvalue weighted by Crippen LogP contribution is 2.28. The van der Waals surface area contributed by atoms with E-state index in [1.165, 1.54) is 11.6 Å². The van der Waals surface area contributed by atoms with E-state index in [0.29, 0.717) is 17.8 Å². The lowest BCUT2D eigenvalue weighted by molar-refractivity contribution is 0.625. The van der Waals surface area contributed by atoms with Crippen molar-refractivity contribution in [2.24, 2.45) is 0 Å². The molecular weight excluding hydrogens is 239 g/mol. The van der Waals surface area contributed by atoms with Gasteiger partial charge in [-0.2, -0.15) is 5.26 Å². The Morgan fingerprint density at radius 1 is 1.16 bits per heavy atom. The SMILES string of the molecule is CCN(c1ccc(C)cc1)c1ccc(C#N)cc1F. The number of hydrogen-bond donors (Lipinski definition) is 0. The molecule has 0 radical (unpaired) electrons. The number of hydrogen-bond acceptors (Lipinski definition) is 2. The fourth-order valence-electron chi connectivity index (χ4n) is 2.01. The first-order valence-electron chi connectivity index (χ1n) is 6.19. The van der Waals surface area contributed by atoms with Crippen molar-refractivity contribution in [3.63, 3.8) is 0 Å². The first-order chi connectivity index (χ1) is 9.15. The van der Waals surface area contributed by atoms with Crippen LogP contribution in [0.5, 0.6) is 0 Å². The molecule has 0 atom stereocenters. The highest BCUT2D eigenvalue weighted by atomic mass is 19.1. The normalized spacial score (nSPS) is 10.0. The molecule has 2 nitrogen and oxygen atoms in total. The number of nitriles is 1. The summed E-state index contributed by atoms with van der Waals surface area (Å²) >= 11 is 0. The number of nitrogens with zero attached hydrogens (tertiary/aromatic N) is 2. The van der Waals surface area contributed by atoms with Crippen molar-refractivity contribution in [1.82, 2.24) is 0 Å². The fourth-order valence-corrected chi connectivity index (χ4v) is 2.01. The summed E-state index contributed by atoms with van der Waals surface area (Å²) in [5, 5.41) is 8.77. The molecule has 0 fully saturated rings. The van der Waals surface area contributed by atoms with Gasteiger partial charge < -0.3 is 4.90 Å². The maximum Gasteiger partial charge on any atom is 0.148 e. The summed E-state index contributed by atoms with van der Waals surface area (Å²) < 4.78 is 14.0. The molecule has 0 spiro atoms. The predicted octanol–water partition coefficient (Wildman–Crippen LogP) is 4.16. The van der Waals surface area contributed by atoms with E-state index in [4.69, 9.17) is 5.26 Å². The number of anilines is 2. The standard InChI is InChI=1S/C16H15FN2/c1-3-19(14-7-4-12(2)5-8-14)16-9-6-13(11-18)10-15(16)17/h4-10H,3H2,1-2H3. The molecule has 96 valence electrons. The molecule has 2 aromatic rings. The Kier molecular flexibility index (Phi) is 3.82. The number of rotatable bonds is 3. The van der Waals surface area contributed by atoms with Gasteiger partial charge in [-0.25, -0.2) is 4.39 Å². The average molecular weight is 254 g/mol. The van der Waals surface area contributed by atoms with Crippen molar-refractivity contribution in [3.8, 4) is 6.07 Å². The molecule has 0 aromatic heterocycles. The molecule has 0 aliphatic heterocycles. The quantitative estimate of drug-likeness (QED) is 0.822. The first kappa shape index (κ1) is 13.1. The zero-order valence-electron chi connectivity index (χ0n) is 11.0. The third kappa shape index (κ3) is 2.74. The summed E-state index contributed by atoms with van der Waals surface area (Å²) in [6, 6.07) is 14.4. The minimum atomic E-state index is -0.374. The molecule has 19 heavy (non-hydrogen) atoms. The lowest BCUT2D eigenvalue weighted by atomic mass is 10.1. The molecule has 0 aliphatic carbocycles. The number of benzene rings is 2. The van der Waals surface area contributed by atoms with Crippen molar-refractivity contribution >= 4 is 11.4 Å². The molecule has 2 rings (SSSR count). The molecule has 0 saturated carbocycles. The Balaban J connectivity index is 2.42. The molecule has 0 amide bonds. The Morgan fingerprint density at radius 2 is 1.84 bits per heavy atom. The van der Waals surface area contributed by atoms with Crippen LogP contribution in [0.1, 0.15) is 18.1 Å². The van der Waals surface area contributed by atoms with E-state index < -0.39 is 0 Å². The Labute approximate surface area is 112 Å². The van der Waals surface area contributed by atoms with E-state index in [1.807, 2.05) is 49.1 Å². The highest BCUT2D eigenvalue weighted by Gasteiger charge is 2.12. The van der Waals surface area contributed by atoms with E-state index in [9.17, 15) is 4.39 Å². The molecule has 0 heterocycles. The fraction of sp³-hybridized carbons (Fsp3) is 0.188. The zero-order valence-corrected chi connectivity index (χ0v) is 11.0.